The second-order valence-corrected chi connectivity index (χ2v) is 4.41. The van der Waals surface area contributed by atoms with Crippen LogP contribution in [0.25, 0.3) is 0 Å². The van der Waals surface area contributed by atoms with E-state index in [2.05, 4.69) is 13.8 Å². The van der Waals surface area contributed by atoms with E-state index in [1.54, 1.807) is 0 Å². The van der Waals surface area contributed by atoms with Gasteiger partial charge in [0.1, 0.15) is 6.10 Å². The molecule has 2 fully saturated rings. The van der Waals surface area contributed by atoms with Crippen LogP contribution >= 0.6 is 0 Å². The van der Waals surface area contributed by atoms with E-state index in [0.29, 0.717) is 0 Å². The second kappa shape index (κ2) is 1.86. The highest BCUT2D eigenvalue weighted by Crippen LogP contribution is 2.55. The van der Waals surface area contributed by atoms with Crippen LogP contribution in [0.3, 0.4) is 0 Å². The highest BCUT2D eigenvalue weighted by Gasteiger charge is 2.58. The fourth-order valence-electron chi connectivity index (χ4n) is 2.83. The highest BCUT2D eigenvalue weighted by atomic mass is 16.3. The molecule has 2 aliphatic carbocycles. The van der Waals surface area contributed by atoms with Crippen molar-refractivity contribution >= 4 is 5.78 Å². The number of rotatable bonds is 0. The van der Waals surface area contributed by atoms with E-state index in [1.807, 2.05) is 0 Å². The molecule has 0 aromatic heterocycles. The third-order valence-corrected chi connectivity index (χ3v) is 3.64. The van der Waals surface area contributed by atoms with Crippen molar-refractivity contribution in [1.29, 1.82) is 0 Å². The van der Waals surface area contributed by atoms with Crippen LogP contribution in [0, 0.1) is 17.3 Å². The van der Waals surface area contributed by atoms with Crippen LogP contribution in [0.1, 0.15) is 26.7 Å². The van der Waals surface area contributed by atoms with Crippen LogP contribution in [0.15, 0.2) is 0 Å². The van der Waals surface area contributed by atoms with Crippen LogP contribution in [-0.4, -0.2) is 17.0 Å². The summed E-state index contributed by atoms with van der Waals surface area (Å²) < 4.78 is 0. The standard InChI is InChI=1S/C9H14O2/c1-9(2)5-3-4-6(9)8(11)7(5)10/h5-7,10H,3-4H2,1-2H3/t5-,6+,7?/m0/s1. The molecule has 0 heterocycles. The van der Waals surface area contributed by atoms with Crippen molar-refractivity contribution in [3.63, 3.8) is 0 Å². The van der Waals surface area contributed by atoms with Gasteiger partial charge < -0.3 is 5.11 Å². The number of carbonyl (C=O) groups is 1. The molecule has 2 heteroatoms. The summed E-state index contributed by atoms with van der Waals surface area (Å²) in [6.45, 7) is 4.20. The minimum Gasteiger partial charge on any atom is -0.385 e. The Kier molecular flexibility index (Phi) is 1.23. The van der Waals surface area contributed by atoms with Crippen molar-refractivity contribution in [3.8, 4) is 0 Å². The van der Waals surface area contributed by atoms with Gasteiger partial charge in [0, 0.05) is 5.92 Å². The summed E-state index contributed by atoms with van der Waals surface area (Å²) in [5, 5.41) is 9.47. The van der Waals surface area contributed by atoms with E-state index in [0.717, 1.165) is 12.8 Å². The number of hydrogen-bond acceptors (Lipinski definition) is 2. The molecule has 0 aliphatic heterocycles. The van der Waals surface area contributed by atoms with Crippen LogP contribution in [-0.2, 0) is 4.79 Å². The van der Waals surface area contributed by atoms with Gasteiger partial charge in [-0.25, -0.2) is 0 Å². The Balaban J connectivity index is 2.39. The maximum Gasteiger partial charge on any atom is 0.165 e. The topological polar surface area (TPSA) is 37.3 Å². The number of ketones is 1. The lowest BCUT2D eigenvalue weighted by molar-refractivity contribution is -0.130. The van der Waals surface area contributed by atoms with Gasteiger partial charge in [0.25, 0.3) is 0 Å². The third kappa shape index (κ3) is 0.684. The van der Waals surface area contributed by atoms with Gasteiger partial charge in [0.2, 0.25) is 0 Å². The molecule has 62 valence electrons. The predicted molar refractivity (Wildman–Crippen MR) is 41.0 cm³/mol. The molecule has 0 aromatic rings. The van der Waals surface area contributed by atoms with Crippen molar-refractivity contribution < 1.29 is 9.90 Å². The molecule has 2 saturated carbocycles. The van der Waals surface area contributed by atoms with Crippen molar-refractivity contribution in [3.05, 3.63) is 0 Å². The summed E-state index contributed by atoms with van der Waals surface area (Å²) in [7, 11) is 0. The highest BCUT2D eigenvalue weighted by molar-refractivity contribution is 5.89. The van der Waals surface area contributed by atoms with E-state index in [1.165, 1.54) is 0 Å². The quantitative estimate of drug-likeness (QED) is 0.564. The first kappa shape index (κ1) is 7.29. The minimum atomic E-state index is -0.649. The van der Waals surface area contributed by atoms with Crippen LogP contribution in [0.4, 0.5) is 0 Å². The first-order valence-corrected chi connectivity index (χ1v) is 4.27. The Morgan fingerprint density at radius 2 is 2.09 bits per heavy atom. The fourth-order valence-corrected chi connectivity index (χ4v) is 2.83. The molecule has 2 bridgehead atoms. The van der Waals surface area contributed by atoms with Crippen LogP contribution < -0.4 is 0 Å². The van der Waals surface area contributed by atoms with Gasteiger partial charge in [-0.15, -0.1) is 0 Å². The Morgan fingerprint density at radius 1 is 1.45 bits per heavy atom. The Bertz CT molecular complexity index is 208. The summed E-state index contributed by atoms with van der Waals surface area (Å²) >= 11 is 0. The molecular formula is C9H14O2. The summed E-state index contributed by atoms with van der Waals surface area (Å²) in [6, 6.07) is 0. The van der Waals surface area contributed by atoms with E-state index in [4.69, 9.17) is 0 Å². The lowest BCUT2D eigenvalue weighted by Gasteiger charge is -2.22. The molecule has 2 aliphatic rings. The largest absolute Gasteiger partial charge is 0.385 e. The third-order valence-electron chi connectivity index (χ3n) is 3.64. The van der Waals surface area contributed by atoms with Crippen LogP contribution in [0.2, 0.25) is 0 Å². The van der Waals surface area contributed by atoms with Crippen molar-refractivity contribution in [2.75, 3.05) is 0 Å². The number of aliphatic hydroxyl groups is 1. The van der Waals surface area contributed by atoms with Gasteiger partial charge in [0.05, 0.1) is 0 Å². The molecule has 11 heavy (non-hydrogen) atoms. The SMILES string of the molecule is CC1(C)[C@@H]2CC[C@H]1C(O)C2=O. The van der Waals surface area contributed by atoms with Gasteiger partial charge in [-0.1, -0.05) is 13.8 Å². The van der Waals surface area contributed by atoms with Gasteiger partial charge in [-0.3, -0.25) is 4.79 Å². The molecule has 0 spiro atoms. The molecule has 0 radical (unpaired) electrons. The molecule has 2 rings (SSSR count). The van der Waals surface area contributed by atoms with Gasteiger partial charge in [-0.05, 0) is 24.2 Å². The number of Topliss-reactive ketones (excluding diaryl/α,β-unsaturated/α-hetero) is 1. The van der Waals surface area contributed by atoms with E-state index >= 15 is 0 Å². The Morgan fingerprint density at radius 3 is 2.36 bits per heavy atom. The number of carbonyl (C=O) groups excluding carboxylic acids is 1. The zero-order valence-electron chi connectivity index (χ0n) is 7.00. The number of aliphatic hydroxyl groups excluding tert-OH is 1. The average molecular weight is 154 g/mol. The molecular weight excluding hydrogens is 140 g/mol. The fraction of sp³-hybridized carbons (Fsp3) is 0.889. The normalized spacial score (nSPS) is 46.8. The summed E-state index contributed by atoms with van der Waals surface area (Å²) in [5.74, 6) is 0.466. The first-order valence-electron chi connectivity index (χ1n) is 4.27. The Labute approximate surface area is 66.6 Å². The zero-order chi connectivity index (χ0) is 8.22. The zero-order valence-corrected chi connectivity index (χ0v) is 7.00. The van der Waals surface area contributed by atoms with Gasteiger partial charge in [0.15, 0.2) is 5.78 Å². The number of hydrogen-bond donors (Lipinski definition) is 1. The van der Waals surface area contributed by atoms with E-state index < -0.39 is 6.10 Å². The summed E-state index contributed by atoms with van der Waals surface area (Å²) in [6.07, 6.45) is 1.38. The molecule has 1 unspecified atom stereocenters. The summed E-state index contributed by atoms with van der Waals surface area (Å²) in [5.41, 5.74) is 0.0660. The second-order valence-electron chi connectivity index (χ2n) is 4.41. The molecule has 1 N–H and O–H groups in total. The predicted octanol–water partition coefficient (Wildman–Crippen LogP) is 0.982. The molecule has 3 atom stereocenters. The monoisotopic (exact) mass is 154 g/mol. The first-order chi connectivity index (χ1) is 5.05. The van der Waals surface area contributed by atoms with E-state index in [9.17, 15) is 9.90 Å². The molecule has 0 amide bonds. The molecule has 2 nitrogen and oxygen atoms in total. The Hall–Kier alpha value is -0.370. The lowest BCUT2D eigenvalue weighted by Crippen LogP contribution is -2.26. The smallest absolute Gasteiger partial charge is 0.165 e. The van der Waals surface area contributed by atoms with Crippen molar-refractivity contribution in [2.24, 2.45) is 17.3 Å². The molecule has 0 aromatic carbocycles. The van der Waals surface area contributed by atoms with Gasteiger partial charge >= 0.3 is 0 Å². The lowest BCUT2D eigenvalue weighted by atomic mass is 9.82. The number of fused-ring (bicyclic) bond motifs is 2. The molecule has 0 saturated heterocycles. The summed E-state index contributed by atoms with van der Waals surface area (Å²) in [4.78, 5) is 11.3. The van der Waals surface area contributed by atoms with Gasteiger partial charge in [-0.2, -0.15) is 0 Å². The maximum absolute atomic E-state index is 11.3. The van der Waals surface area contributed by atoms with Crippen LogP contribution in [0.5, 0.6) is 0 Å². The maximum atomic E-state index is 11.3. The van der Waals surface area contributed by atoms with Crippen molar-refractivity contribution in [2.45, 2.75) is 32.8 Å². The van der Waals surface area contributed by atoms with E-state index in [-0.39, 0.29) is 23.0 Å². The average Bonchev–Trinajstić information content (AvgIpc) is 2.27. The minimum absolute atomic E-state index is 0.0660. The van der Waals surface area contributed by atoms with Crippen molar-refractivity contribution in [1.82, 2.24) is 0 Å².